The van der Waals surface area contributed by atoms with Gasteiger partial charge in [0.25, 0.3) is 0 Å². The molecule has 1 N–H and O–H groups in total. The van der Waals surface area contributed by atoms with E-state index in [0.717, 1.165) is 37.2 Å². The summed E-state index contributed by atoms with van der Waals surface area (Å²) in [6, 6.07) is 4.31. The molecule has 1 aromatic rings. The Kier molecular flexibility index (Phi) is 4.08. The lowest BCUT2D eigenvalue weighted by atomic mass is 10.1. The summed E-state index contributed by atoms with van der Waals surface area (Å²) in [5.74, 6) is -0.0492. The summed E-state index contributed by atoms with van der Waals surface area (Å²) in [6.07, 6.45) is 4.15. The quantitative estimate of drug-likeness (QED) is 0.905. The number of rotatable bonds is 4. The monoisotopic (exact) mass is 262 g/mol. The van der Waals surface area contributed by atoms with E-state index in [4.69, 9.17) is 0 Å². The molecule has 0 amide bonds. The molecule has 0 aliphatic carbocycles. The number of hydrogen-bond donors (Lipinski definition) is 1. The van der Waals surface area contributed by atoms with E-state index in [1.165, 1.54) is 0 Å². The van der Waals surface area contributed by atoms with Crippen LogP contribution in [0.2, 0.25) is 0 Å². The first kappa shape index (κ1) is 13.8. The summed E-state index contributed by atoms with van der Waals surface area (Å²) in [5.41, 5.74) is 1.19. The van der Waals surface area contributed by atoms with Gasteiger partial charge in [0.15, 0.2) is 0 Å². The van der Waals surface area contributed by atoms with E-state index >= 15 is 0 Å². The van der Waals surface area contributed by atoms with Crippen LogP contribution in [0.25, 0.3) is 0 Å². The van der Waals surface area contributed by atoms with Crippen molar-refractivity contribution in [1.82, 2.24) is 4.98 Å². The third-order valence-electron chi connectivity index (χ3n) is 4.00. The zero-order valence-electron chi connectivity index (χ0n) is 11.9. The van der Waals surface area contributed by atoms with Crippen LogP contribution in [0.4, 0.5) is 5.82 Å². The van der Waals surface area contributed by atoms with Crippen LogP contribution in [0.15, 0.2) is 12.1 Å². The molecule has 1 aliphatic rings. The molecule has 1 aromatic heterocycles. The van der Waals surface area contributed by atoms with E-state index in [1.54, 1.807) is 12.1 Å². The summed E-state index contributed by atoms with van der Waals surface area (Å²) in [7, 11) is 0. The molecule has 2 rings (SSSR count). The fraction of sp³-hybridized carbons (Fsp3) is 0.600. The van der Waals surface area contributed by atoms with Gasteiger partial charge in [-0.3, -0.25) is 0 Å². The fourth-order valence-corrected chi connectivity index (χ4v) is 2.89. The number of carbonyl (C=O) groups is 1. The van der Waals surface area contributed by atoms with E-state index in [2.05, 4.69) is 23.7 Å². The second-order valence-electron chi connectivity index (χ2n) is 5.26. The van der Waals surface area contributed by atoms with Gasteiger partial charge in [-0.1, -0.05) is 13.8 Å². The smallest absolute Gasteiger partial charge is 0.335 e. The Morgan fingerprint density at radius 3 is 2.74 bits per heavy atom. The van der Waals surface area contributed by atoms with Gasteiger partial charge in [-0.25, -0.2) is 9.78 Å². The molecule has 1 aliphatic heterocycles. The van der Waals surface area contributed by atoms with Crippen LogP contribution < -0.4 is 4.90 Å². The number of aromatic carboxylic acids is 1. The zero-order chi connectivity index (χ0) is 14.0. The van der Waals surface area contributed by atoms with E-state index in [0.29, 0.717) is 17.6 Å². The first-order valence-electron chi connectivity index (χ1n) is 7.09. The number of carboxylic acid groups (broad SMARTS) is 1. The second-order valence-corrected chi connectivity index (χ2v) is 5.26. The molecule has 1 fully saturated rings. The largest absolute Gasteiger partial charge is 0.478 e. The van der Waals surface area contributed by atoms with Gasteiger partial charge in [-0.2, -0.15) is 0 Å². The van der Waals surface area contributed by atoms with Gasteiger partial charge in [-0.05, 0) is 44.7 Å². The molecule has 0 bridgehead atoms. The third-order valence-corrected chi connectivity index (χ3v) is 4.00. The van der Waals surface area contributed by atoms with E-state index in [9.17, 15) is 9.90 Å². The Morgan fingerprint density at radius 2 is 2.16 bits per heavy atom. The van der Waals surface area contributed by atoms with Crippen LogP contribution in [0.1, 0.15) is 56.1 Å². The van der Waals surface area contributed by atoms with Crippen molar-refractivity contribution >= 4 is 11.8 Å². The SMILES string of the molecule is CCc1cc(C(=O)O)cc(N2C(C)CCC2CC)n1. The number of aryl methyl sites for hydroxylation is 1. The van der Waals surface area contributed by atoms with Crippen molar-refractivity contribution in [3.8, 4) is 0 Å². The number of nitrogens with zero attached hydrogens (tertiary/aromatic N) is 2. The highest BCUT2D eigenvalue weighted by molar-refractivity contribution is 5.88. The maximum absolute atomic E-state index is 11.2. The minimum Gasteiger partial charge on any atom is -0.478 e. The normalized spacial score (nSPS) is 22.8. The van der Waals surface area contributed by atoms with Crippen molar-refractivity contribution in [3.05, 3.63) is 23.4 Å². The molecule has 0 spiro atoms. The predicted molar refractivity (Wildman–Crippen MR) is 75.8 cm³/mol. The Bertz CT molecular complexity index is 473. The average molecular weight is 262 g/mol. The van der Waals surface area contributed by atoms with Crippen molar-refractivity contribution in [2.75, 3.05) is 4.90 Å². The summed E-state index contributed by atoms with van der Waals surface area (Å²) in [6.45, 7) is 6.37. The van der Waals surface area contributed by atoms with Crippen LogP contribution in [0.3, 0.4) is 0 Å². The van der Waals surface area contributed by atoms with Crippen molar-refractivity contribution in [2.45, 2.75) is 58.5 Å². The number of pyridine rings is 1. The summed E-state index contributed by atoms with van der Waals surface area (Å²) in [5, 5.41) is 9.21. The molecule has 2 heterocycles. The first-order chi connectivity index (χ1) is 9.06. The molecule has 0 aromatic carbocycles. The fourth-order valence-electron chi connectivity index (χ4n) is 2.89. The van der Waals surface area contributed by atoms with E-state index in [1.807, 2.05) is 6.92 Å². The van der Waals surface area contributed by atoms with Gasteiger partial charge in [0, 0.05) is 17.8 Å². The van der Waals surface area contributed by atoms with Crippen molar-refractivity contribution in [2.24, 2.45) is 0 Å². The zero-order valence-corrected chi connectivity index (χ0v) is 11.9. The predicted octanol–water partition coefficient (Wildman–Crippen LogP) is 3.11. The molecule has 104 valence electrons. The molecular weight excluding hydrogens is 240 g/mol. The van der Waals surface area contributed by atoms with Gasteiger partial charge in [0.2, 0.25) is 0 Å². The van der Waals surface area contributed by atoms with E-state index in [-0.39, 0.29) is 0 Å². The van der Waals surface area contributed by atoms with Crippen LogP contribution in [-0.4, -0.2) is 28.1 Å². The summed E-state index contributed by atoms with van der Waals surface area (Å²) in [4.78, 5) is 18.1. The highest BCUT2D eigenvalue weighted by Gasteiger charge is 2.30. The number of hydrogen-bond acceptors (Lipinski definition) is 3. The molecule has 0 radical (unpaired) electrons. The molecule has 4 heteroatoms. The average Bonchev–Trinajstić information content (AvgIpc) is 2.79. The summed E-state index contributed by atoms with van der Waals surface area (Å²) < 4.78 is 0. The van der Waals surface area contributed by atoms with Gasteiger partial charge in [-0.15, -0.1) is 0 Å². The van der Waals surface area contributed by atoms with Crippen LogP contribution in [-0.2, 0) is 6.42 Å². The van der Waals surface area contributed by atoms with E-state index < -0.39 is 5.97 Å². The molecule has 0 saturated carbocycles. The minimum atomic E-state index is -0.877. The third kappa shape index (κ3) is 2.72. The Morgan fingerprint density at radius 1 is 1.42 bits per heavy atom. The second kappa shape index (κ2) is 5.59. The lowest BCUT2D eigenvalue weighted by Crippen LogP contribution is -2.35. The Balaban J connectivity index is 2.42. The highest BCUT2D eigenvalue weighted by Crippen LogP contribution is 2.31. The van der Waals surface area contributed by atoms with Crippen LogP contribution >= 0.6 is 0 Å². The van der Waals surface area contributed by atoms with Gasteiger partial charge in [0.05, 0.1) is 5.56 Å². The molecule has 1 saturated heterocycles. The number of carboxylic acids is 1. The standard InChI is InChI=1S/C15H22N2O2/c1-4-12-8-11(15(18)19)9-14(16-12)17-10(3)6-7-13(17)5-2/h8-10,13H,4-7H2,1-3H3,(H,18,19). The molecule has 4 nitrogen and oxygen atoms in total. The maximum Gasteiger partial charge on any atom is 0.335 e. The Labute approximate surface area is 114 Å². The minimum absolute atomic E-state index is 0.343. The van der Waals surface area contributed by atoms with Crippen molar-refractivity contribution in [3.63, 3.8) is 0 Å². The summed E-state index contributed by atoms with van der Waals surface area (Å²) >= 11 is 0. The number of aromatic nitrogens is 1. The topological polar surface area (TPSA) is 53.4 Å². The van der Waals surface area contributed by atoms with Crippen molar-refractivity contribution in [1.29, 1.82) is 0 Å². The molecule has 2 atom stereocenters. The van der Waals surface area contributed by atoms with Crippen molar-refractivity contribution < 1.29 is 9.90 Å². The first-order valence-corrected chi connectivity index (χ1v) is 7.09. The molecule has 2 unspecified atom stereocenters. The van der Waals surface area contributed by atoms with Gasteiger partial charge < -0.3 is 10.0 Å². The van der Waals surface area contributed by atoms with Crippen LogP contribution in [0.5, 0.6) is 0 Å². The number of anilines is 1. The highest BCUT2D eigenvalue weighted by atomic mass is 16.4. The lowest BCUT2D eigenvalue weighted by molar-refractivity contribution is 0.0696. The van der Waals surface area contributed by atoms with Gasteiger partial charge in [0.1, 0.15) is 5.82 Å². The maximum atomic E-state index is 11.2. The molecular formula is C15H22N2O2. The molecule has 19 heavy (non-hydrogen) atoms. The lowest BCUT2D eigenvalue weighted by Gasteiger charge is -2.29. The van der Waals surface area contributed by atoms with Gasteiger partial charge >= 0.3 is 5.97 Å². The van der Waals surface area contributed by atoms with Crippen LogP contribution in [0, 0.1) is 0 Å². The Hall–Kier alpha value is -1.58.